The zero-order valence-corrected chi connectivity index (χ0v) is 12.4. The summed E-state index contributed by atoms with van der Waals surface area (Å²) in [7, 11) is 0. The summed E-state index contributed by atoms with van der Waals surface area (Å²) < 4.78 is 5.68. The summed E-state index contributed by atoms with van der Waals surface area (Å²) in [5.41, 5.74) is 7.98. The second kappa shape index (κ2) is 5.94. The minimum absolute atomic E-state index is 0.722. The molecule has 3 heteroatoms. The molecule has 20 heavy (non-hydrogen) atoms. The van der Waals surface area contributed by atoms with Crippen LogP contribution < -0.4 is 15.8 Å². The Labute approximate surface area is 121 Å². The van der Waals surface area contributed by atoms with Gasteiger partial charge in [0, 0.05) is 6.54 Å². The molecule has 0 radical (unpaired) electrons. The highest BCUT2D eigenvalue weighted by Gasteiger charge is 2.39. The number of hydrogen-bond donors (Lipinski definition) is 2. The van der Waals surface area contributed by atoms with Gasteiger partial charge >= 0.3 is 0 Å². The van der Waals surface area contributed by atoms with Gasteiger partial charge < -0.3 is 15.8 Å². The minimum atomic E-state index is 0.722. The molecule has 1 aromatic rings. The van der Waals surface area contributed by atoms with Crippen molar-refractivity contribution in [1.29, 1.82) is 0 Å². The molecule has 0 aliphatic heterocycles. The molecule has 2 aliphatic rings. The van der Waals surface area contributed by atoms with Crippen molar-refractivity contribution in [2.45, 2.75) is 39.0 Å². The van der Waals surface area contributed by atoms with E-state index in [2.05, 4.69) is 18.3 Å². The number of rotatable bonds is 6. The van der Waals surface area contributed by atoms with Gasteiger partial charge in [-0.25, -0.2) is 0 Å². The van der Waals surface area contributed by atoms with Crippen LogP contribution in [0.2, 0.25) is 0 Å². The van der Waals surface area contributed by atoms with E-state index in [1.165, 1.54) is 25.7 Å². The van der Waals surface area contributed by atoms with Crippen LogP contribution in [0.4, 0.5) is 11.4 Å². The normalized spacial score (nSPS) is 27.8. The molecule has 2 aliphatic carbocycles. The van der Waals surface area contributed by atoms with E-state index in [0.29, 0.717) is 0 Å². The number of anilines is 2. The number of nitrogens with one attached hydrogen (secondary N) is 1. The van der Waals surface area contributed by atoms with E-state index in [4.69, 9.17) is 10.5 Å². The standard InChI is InChI=1S/C17H26N2O/c1-2-8-20-16-5-3-4-15(17(16)18)19-11-14-10-12-6-7-13(14)9-12/h3-5,12-14,19H,2,6-11,18H2,1H3. The van der Waals surface area contributed by atoms with Gasteiger partial charge in [0.05, 0.1) is 18.0 Å². The predicted molar refractivity (Wildman–Crippen MR) is 84.1 cm³/mol. The van der Waals surface area contributed by atoms with Crippen molar-refractivity contribution in [3.63, 3.8) is 0 Å². The van der Waals surface area contributed by atoms with Crippen LogP contribution >= 0.6 is 0 Å². The molecular formula is C17H26N2O. The lowest BCUT2D eigenvalue weighted by Crippen LogP contribution is -2.20. The Bertz CT molecular complexity index is 460. The fourth-order valence-electron chi connectivity index (χ4n) is 3.90. The molecule has 110 valence electrons. The summed E-state index contributed by atoms with van der Waals surface area (Å²) in [5, 5.41) is 3.55. The van der Waals surface area contributed by atoms with Gasteiger partial charge in [-0.2, -0.15) is 0 Å². The van der Waals surface area contributed by atoms with Crippen LogP contribution in [0, 0.1) is 17.8 Å². The number of hydrogen-bond acceptors (Lipinski definition) is 3. The molecule has 3 atom stereocenters. The molecule has 0 spiro atoms. The fraction of sp³-hybridized carbons (Fsp3) is 0.647. The van der Waals surface area contributed by atoms with Gasteiger partial charge in [-0.05, 0) is 55.6 Å². The number of nitrogen functional groups attached to an aromatic ring is 1. The molecule has 2 fully saturated rings. The van der Waals surface area contributed by atoms with Crippen LogP contribution in [0.15, 0.2) is 18.2 Å². The third-order valence-corrected chi connectivity index (χ3v) is 4.97. The highest BCUT2D eigenvalue weighted by Crippen LogP contribution is 2.48. The van der Waals surface area contributed by atoms with E-state index in [-0.39, 0.29) is 0 Å². The summed E-state index contributed by atoms with van der Waals surface area (Å²) in [6.07, 6.45) is 6.77. The molecule has 3 nitrogen and oxygen atoms in total. The monoisotopic (exact) mass is 274 g/mol. The highest BCUT2D eigenvalue weighted by molar-refractivity contribution is 5.72. The number of ether oxygens (including phenoxy) is 1. The van der Waals surface area contributed by atoms with Crippen molar-refractivity contribution in [2.24, 2.45) is 17.8 Å². The quantitative estimate of drug-likeness (QED) is 0.773. The predicted octanol–water partition coefficient (Wildman–Crippen LogP) is 3.91. The maximum absolute atomic E-state index is 6.20. The highest BCUT2D eigenvalue weighted by atomic mass is 16.5. The Balaban J connectivity index is 1.59. The molecule has 3 N–H and O–H groups in total. The summed E-state index contributed by atoms with van der Waals surface area (Å²) in [6.45, 7) is 3.88. The molecule has 0 heterocycles. The van der Waals surface area contributed by atoms with Crippen LogP contribution in [0.3, 0.4) is 0 Å². The molecule has 1 aromatic carbocycles. The van der Waals surface area contributed by atoms with E-state index < -0.39 is 0 Å². The Morgan fingerprint density at radius 1 is 1.30 bits per heavy atom. The molecule has 2 bridgehead atoms. The van der Waals surface area contributed by atoms with E-state index in [9.17, 15) is 0 Å². The summed E-state index contributed by atoms with van der Waals surface area (Å²) >= 11 is 0. The second-order valence-electron chi connectivity index (χ2n) is 6.38. The largest absolute Gasteiger partial charge is 0.491 e. The smallest absolute Gasteiger partial charge is 0.144 e. The maximum atomic E-state index is 6.20. The molecular weight excluding hydrogens is 248 g/mol. The first-order chi connectivity index (χ1) is 9.78. The lowest BCUT2D eigenvalue weighted by atomic mass is 9.89. The third kappa shape index (κ3) is 2.72. The Morgan fingerprint density at radius 2 is 2.20 bits per heavy atom. The first-order valence-corrected chi connectivity index (χ1v) is 8.03. The molecule has 0 aromatic heterocycles. The lowest BCUT2D eigenvalue weighted by Gasteiger charge is -2.23. The Hall–Kier alpha value is -1.38. The van der Waals surface area contributed by atoms with Gasteiger partial charge in [0.2, 0.25) is 0 Å². The zero-order chi connectivity index (χ0) is 13.9. The van der Waals surface area contributed by atoms with E-state index in [0.717, 1.165) is 54.5 Å². The maximum Gasteiger partial charge on any atom is 0.144 e. The Kier molecular flexibility index (Phi) is 4.04. The first kappa shape index (κ1) is 13.6. The van der Waals surface area contributed by atoms with Gasteiger partial charge in [-0.15, -0.1) is 0 Å². The van der Waals surface area contributed by atoms with Crippen molar-refractivity contribution in [3.8, 4) is 5.75 Å². The SMILES string of the molecule is CCCOc1cccc(NCC2CC3CCC2C3)c1N. The molecule has 2 saturated carbocycles. The number of para-hydroxylation sites is 1. The third-order valence-electron chi connectivity index (χ3n) is 4.97. The summed E-state index contributed by atoms with van der Waals surface area (Å²) in [6, 6.07) is 6.03. The number of fused-ring (bicyclic) bond motifs is 2. The van der Waals surface area contributed by atoms with Crippen LogP contribution in [0.1, 0.15) is 39.0 Å². The molecule has 0 saturated heterocycles. The summed E-state index contributed by atoms with van der Waals surface area (Å²) in [4.78, 5) is 0. The second-order valence-corrected chi connectivity index (χ2v) is 6.38. The summed E-state index contributed by atoms with van der Waals surface area (Å²) in [5.74, 6) is 3.61. The van der Waals surface area contributed by atoms with Gasteiger partial charge in [0.25, 0.3) is 0 Å². The van der Waals surface area contributed by atoms with Crippen molar-refractivity contribution in [3.05, 3.63) is 18.2 Å². The van der Waals surface area contributed by atoms with E-state index in [1.807, 2.05) is 12.1 Å². The van der Waals surface area contributed by atoms with Crippen molar-refractivity contribution in [2.75, 3.05) is 24.2 Å². The average Bonchev–Trinajstić information content (AvgIpc) is 3.07. The van der Waals surface area contributed by atoms with Crippen LogP contribution in [0.5, 0.6) is 5.75 Å². The van der Waals surface area contributed by atoms with Crippen LogP contribution in [0.25, 0.3) is 0 Å². The molecule has 3 rings (SSSR count). The van der Waals surface area contributed by atoms with Gasteiger partial charge in [-0.1, -0.05) is 19.4 Å². The van der Waals surface area contributed by atoms with Crippen molar-refractivity contribution < 1.29 is 4.74 Å². The van der Waals surface area contributed by atoms with Gasteiger partial charge in [0.1, 0.15) is 5.75 Å². The minimum Gasteiger partial charge on any atom is -0.491 e. The lowest BCUT2D eigenvalue weighted by molar-refractivity contribution is 0.319. The van der Waals surface area contributed by atoms with Crippen molar-refractivity contribution >= 4 is 11.4 Å². The Morgan fingerprint density at radius 3 is 2.90 bits per heavy atom. The van der Waals surface area contributed by atoms with E-state index >= 15 is 0 Å². The molecule has 3 unspecified atom stereocenters. The van der Waals surface area contributed by atoms with Gasteiger partial charge in [-0.3, -0.25) is 0 Å². The fourth-order valence-corrected chi connectivity index (χ4v) is 3.90. The van der Waals surface area contributed by atoms with Crippen LogP contribution in [-0.2, 0) is 0 Å². The van der Waals surface area contributed by atoms with E-state index in [1.54, 1.807) is 0 Å². The first-order valence-electron chi connectivity index (χ1n) is 8.03. The zero-order valence-electron chi connectivity index (χ0n) is 12.4. The molecule has 0 amide bonds. The van der Waals surface area contributed by atoms with Gasteiger partial charge in [0.15, 0.2) is 0 Å². The topological polar surface area (TPSA) is 47.3 Å². The average molecular weight is 274 g/mol. The van der Waals surface area contributed by atoms with Crippen LogP contribution in [-0.4, -0.2) is 13.2 Å². The number of benzene rings is 1. The number of nitrogens with two attached hydrogens (primary N) is 1. The van der Waals surface area contributed by atoms with Crippen molar-refractivity contribution in [1.82, 2.24) is 0 Å².